The molecule has 2 aliphatic carbocycles. The highest BCUT2D eigenvalue weighted by Gasteiger charge is 2.56. The molecule has 2 nitrogen and oxygen atoms in total. The average Bonchev–Trinajstić information content (AvgIpc) is 2.96. The molecule has 2 aliphatic rings. The van der Waals surface area contributed by atoms with Crippen molar-refractivity contribution in [1.82, 2.24) is 0 Å². The SMILES string of the molecule is C=C(C)C12CCCC1C(C)(CCC(C)=CCOC(C)=O)C(C)CC2. The summed E-state index contributed by atoms with van der Waals surface area (Å²) < 4.78 is 5.04. The fourth-order valence-electron chi connectivity index (χ4n) is 5.49. The molecule has 0 bridgehead atoms. The average molecular weight is 333 g/mol. The molecule has 136 valence electrons. The number of carbonyl (C=O) groups excluding carboxylic acids is 1. The first-order chi connectivity index (χ1) is 11.2. The summed E-state index contributed by atoms with van der Waals surface area (Å²) >= 11 is 0. The lowest BCUT2D eigenvalue weighted by molar-refractivity contribution is -0.139. The van der Waals surface area contributed by atoms with Gasteiger partial charge in [-0.05, 0) is 81.1 Å². The summed E-state index contributed by atoms with van der Waals surface area (Å²) in [5, 5.41) is 0. The van der Waals surface area contributed by atoms with Crippen LogP contribution in [-0.4, -0.2) is 12.6 Å². The molecule has 2 rings (SSSR count). The van der Waals surface area contributed by atoms with E-state index in [1.807, 2.05) is 0 Å². The summed E-state index contributed by atoms with van der Waals surface area (Å²) in [7, 11) is 0. The molecule has 0 aliphatic heterocycles. The van der Waals surface area contributed by atoms with Gasteiger partial charge in [0.05, 0.1) is 0 Å². The Morgan fingerprint density at radius 3 is 2.58 bits per heavy atom. The van der Waals surface area contributed by atoms with Gasteiger partial charge in [-0.3, -0.25) is 4.79 Å². The highest BCUT2D eigenvalue weighted by atomic mass is 16.5. The molecule has 0 aromatic heterocycles. The fraction of sp³-hybridized carbons (Fsp3) is 0.773. The molecule has 0 aromatic rings. The Balaban J connectivity index is 2.08. The van der Waals surface area contributed by atoms with Crippen molar-refractivity contribution in [3.05, 3.63) is 23.8 Å². The quantitative estimate of drug-likeness (QED) is 0.435. The van der Waals surface area contributed by atoms with E-state index in [9.17, 15) is 4.79 Å². The van der Waals surface area contributed by atoms with Crippen molar-refractivity contribution in [2.24, 2.45) is 22.7 Å². The van der Waals surface area contributed by atoms with Crippen molar-refractivity contribution in [3.8, 4) is 0 Å². The Morgan fingerprint density at radius 1 is 1.25 bits per heavy atom. The monoisotopic (exact) mass is 332 g/mol. The molecule has 0 radical (unpaired) electrons. The molecule has 0 amide bonds. The highest BCUT2D eigenvalue weighted by Crippen LogP contribution is 2.65. The Labute approximate surface area is 148 Å². The maximum atomic E-state index is 10.9. The van der Waals surface area contributed by atoms with Crippen LogP contribution in [0.5, 0.6) is 0 Å². The maximum Gasteiger partial charge on any atom is 0.302 e. The van der Waals surface area contributed by atoms with E-state index >= 15 is 0 Å². The van der Waals surface area contributed by atoms with Crippen LogP contribution in [-0.2, 0) is 9.53 Å². The Morgan fingerprint density at radius 2 is 1.96 bits per heavy atom. The summed E-state index contributed by atoms with van der Waals surface area (Å²) in [5.74, 6) is 1.35. The first kappa shape index (κ1) is 19.3. The number of esters is 1. The van der Waals surface area contributed by atoms with Gasteiger partial charge in [0, 0.05) is 6.92 Å². The van der Waals surface area contributed by atoms with Crippen LogP contribution in [0.2, 0.25) is 0 Å². The number of fused-ring (bicyclic) bond motifs is 1. The van der Waals surface area contributed by atoms with Gasteiger partial charge in [0.1, 0.15) is 6.61 Å². The molecule has 4 unspecified atom stereocenters. The molecular weight excluding hydrogens is 296 g/mol. The third-order valence-electron chi connectivity index (χ3n) is 7.35. The van der Waals surface area contributed by atoms with Gasteiger partial charge >= 0.3 is 5.97 Å². The number of carbonyl (C=O) groups is 1. The lowest BCUT2D eigenvalue weighted by atomic mass is 9.50. The minimum atomic E-state index is -0.205. The molecule has 2 saturated carbocycles. The van der Waals surface area contributed by atoms with Crippen molar-refractivity contribution in [3.63, 3.8) is 0 Å². The summed E-state index contributed by atoms with van der Waals surface area (Å²) in [6, 6.07) is 0. The van der Waals surface area contributed by atoms with Crippen LogP contribution in [0.1, 0.15) is 79.6 Å². The molecule has 0 saturated heterocycles. The highest BCUT2D eigenvalue weighted by molar-refractivity contribution is 5.66. The minimum Gasteiger partial charge on any atom is -0.462 e. The van der Waals surface area contributed by atoms with Gasteiger partial charge in [0.25, 0.3) is 0 Å². The van der Waals surface area contributed by atoms with E-state index in [-0.39, 0.29) is 5.97 Å². The smallest absolute Gasteiger partial charge is 0.302 e. The predicted octanol–water partition coefficient (Wildman–Crippen LogP) is 6.07. The molecule has 0 spiro atoms. The predicted molar refractivity (Wildman–Crippen MR) is 101 cm³/mol. The number of hydrogen-bond donors (Lipinski definition) is 0. The largest absolute Gasteiger partial charge is 0.462 e. The second kappa shape index (κ2) is 7.45. The van der Waals surface area contributed by atoms with Crippen LogP contribution in [0.3, 0.4) is 0 Å². The molecule has 0 N–H and O–H groups in total. The van der Waals surface area contributed by atoms with Gasteiger partial charge in [0.15, 0.2) is 0 Å². The maximum absolute atomic E-state index is 10.9. The standard InChI is InChI=1S/C22H36O2/c1-16(2)22-12-7-8-20(22)21(6,18(4)10-14-22)13-9-17(3)11-15-24-19(5)23/h11,18,20H,1,7-10,12-15H2,2-6H3. The van der Waals surface area contributed by atoms with Crippen molar-refractivity contribution < 1.29 is 9.53 Å². The zero-order valence-corrected chi connectivity index (χ0v) is 16.4. The van der Waals surface area contributed by atoms with Crippen molar-refractivity contribution in [1.29, 1.82) is 0 Å². The van der Waals surface area contributed by atoms with Gasteiger partial charge in [-0.1, -0.05) is 38.0 Å². The molecule has 2 fully saturated rings. The Bertz CT molecular complexity index is 518. The minimum absolute atomic E-state index is 0.205. The lowest BCUT2D eigenvalue weighted by Crippen LogP contribution is -2.47. The normalized spacial score (nSPS) is 36.3. The van der Waals surface area contributed by atoms with E-state index < -0.39 is 0 Å². The number of ether oxygens (including phenoxy) is 1. The molecule has 24 heavy (non-hydrogen) atoms. The van der Waals surface area contributed by atoms with E-state index in [2.05, 4.69) is 40.3 Å². The van der Waals surface area contributed by atoms with Crippen LogP contribution < -0.4 is 0 Å². The first-order valence-corrected chi connectivity index (χ1v) is 9.67. The van der Waals surface area contributed by atoms with Gasteiger partial charge in [-0.2, -0.15) is 0 Å². The third kappa shape index (κ3) is 3.63. The Hall–Kier alpha value is -1.05. The lowest BCUT2D eigenvalue weighted by Gasteiger charge is -2.55. The second-order valence-corrected chi connectivity index (χ2v) is 8.68. The van der Waals surface area contributed by atoms with E-state index in [1.165, 1.54) is 56.6 Å². The van der Waals surface area contributed by atoms with Crippen LogP contribution >= 0.6 is 0 Å². The topological polar surface area (TPSA) is 26.3 Å². The van der Waals surface area contributed by atoms with E-state index in [4.69, 9.17) is 4.74 Å². The van der Waals surface area contributed by atoms with Gasteiger partial charge < -0.3 is 4.74 Å². The second-order valence-electron chi connectivity index (χ2n) is 8.68. The first-order valence-electron chi connectivity index (χ1n) is 9.67. The Kier molecular flexibility index (Phi) is 5.99. The summed E-state index contributed by atoms with van der Waals surface area (Å²) in [4.78, 5) is 10.9. The zero-order chi connectivity index (χ0) is 18.0. The van der Waals surface area contributed by atoms with Gasteiger partial charge in [0.2, 0.25) is 0 Å². The van der Waals surface area contributed by atoms with Crippen LogP contribution in [0, 0.1) is 22.7 Å². The summed E-state index contributed by atoms with van der Waals surface area (Å²) in [5.41, 5.74) is 3.56. The van der Waals surface area contributed by atoms with Crippen molar-refractivity contribution in [2.45, 2.75) is 79.6 Å². The number of rotatable bonds is 6. The van der Waals surface area contributed by atoms with E-state index in [1.54, 1.807) is 0 Å². The van der Waals surface area contributed by atoms with Gasteiger partial charge in [-0.25, -0.2) is 0 Å². The summed E-state index contributed by atoms with van der Waals surface area (Å²) in [6.07, 6.45) is 11.1. The third-order valence-corrected chi connectivity index (χ3v) is 7.35. The molecular formula is C22H36O2. The zero-order valence-electron chi connectivity index (χ0n) is 16.4. The van der Waals surface area contributed by atoms with Crippen LogP contribution in [0.25, 0.3) is 0 Å². The molecule has 2 heteroatoms. The van der Waals surface area contributed by atoms with Crippen LogP contribution in [0.4, 0.5) is 0 Å². The van der Waals surface area contributed by atoms with E-state index in [0.29, 0.717) is 17.4 Å². The van der Waals surface area contributed by atoms with Crippen LogP contribution in [0.15, 0.2) is 23.8 Å². The molecule has 0 aromatic carbocycles. The fourth-order valence-corrected chi connectivity index (χ4v) is 5.49. The number of allylic oxidation sites excluding steroid dienone is 2. The summed E-state index contributed by atoms with van der Waals surface area (Å²) in [6.45, 7) is 15.7. The molecule has 0 heterocycles. The van der Waals surface area contributed by atoms with Crippen molar-refractivity contribution >= 4 is 5.97 Å². The van der Waals surface area contributed by atoms with Crippen molar-refractivity contribution in [2.75, 3.05) is 6.61 Å². The number of hydrogen-bond acceptors (Lipinski definition) is 2. The molecule has 4 atom stereocenters. The van der Waals surface area contributed by atoms with E-state index in [0.717, 1.165) is 18.3 Å². The van der Waals surface area contributed by atoms with Gasteiger partial charge in [-0.15, -0.1) is 0 Å².